The van der Waals surface area contributed by atoms with Crippen LogP contribution in [0, 0.1) is 0 Å². The lowest BCUT2D eigenvalue weighted by Crippen LogP contribution is -2.07. The van der Waals surface area contributed by atoms with Gasteiger partial charge in [0.2, 0.25) is 0 Å². The van der Waals surface area contributed by atoms with Gasteiger partial charge in [-0.25, -0.2) is 0 Å². The number of rotatable bonds is 23. The lowest BCUT2D eigenvalue weighted by Gasteiger charge is -2.07. The van der Waals surface area contributed by atoms with Crippen molar-refractivity contribution in [1.82, 2.24) is 9.97 Å². The number of esters is 1. The first-order valence-electron chi connectivity index (χ1n) is 15.8. The molecular formula is C34H54N2O2. The fraction of sp³-hybridized carbons (Fsp3) is 0.676. The Morgan fingerprint density at radius 2 is 1.11 bits per heavy atom. The molecule has 2 rings (SSSR count). The van der Waals surface area contributed by atoms with Crippen LogP contribution in [0.5, 0.6) is 5.75 Å². The first kappa shape index (κ1) is 32.0. The van der Waals surface area contributed by atoms with Crippen molar-refractivity contribution in [3.05, 3.63) is 42.4 Å². The molecule has 4 heteroatoms. The first-order valence-corrected chi connectivity index (χ1v) is 15.8. The second-order valence-corrected chi connectivity index (χ2v) is 10.9. The molecule has 1 aromatic carbocycles. The van der Waals surface area contributed by atoms with Crippen LogP contribution in [0.15, 0.2) is 36.7 Å². The van der Waals surface area contributed by atoms with Gasteiger partial charge in [0.1, 0.15) is 5.75 Å². The van der Waals surface area contributed by atoms with E-state index in [1.165, 1.54) is 109 Å². The van der Waals surface area contributed by atoms with E-state index < -0.39 is 0 Å². The van der Waals surface area contributed by atoms with Gasteiger partial charge >= 0.3 is 5.97 Å². The molecule has 0 fully saturated rings. The Bertz CT molecular complexity index is 833. The maximum atomic E-state index is 12.2. The van der Waals surface area contributed by atoms with Crippen molar-refractivity contribution in [3.8, 4) is 17.0 Å². The Labute approximate surface area is 233 Å². The molecule has 0 saturated heterocycles. The maximum Gasteiger partial charge on any atom is 0.311 e. The molecule has 0 aliphatic heterocycles. The standard InChI is InChI=1S/C34H54N2O2/c1-3-5-7-9-11-13-14-15-17-19-21-23-34(37)38-32-26-24-30(25-27-32)33-29-35-31(28-36-33)22-20-18-16-12-10-8-6-4-2/h24-29H,3-23H2,1-2H3. The fourth-order valence-electron chi connectivity index (χ4n) is 4.88. The van der Waals surface area contributed by atoms with Crippen LogP contribution in [-0.4, -0.2) is 15.9 Å². The van der Waals surface area contributed by atoms with Gasteiger partial charge in [-0.1, -0.05) is 123 Å². The molecule has 0 atom stereocenters. The van der Waals surface area contributed by atoms with Crippen molar-refractivity contribution in [3.63, 3.8) is 0 Å². The number of hydrogen-bond donors (Lipinski definition) is 0. The Morgan fingerprint density at radius 1 is 0.605 bits per heavy atom. The third kappa shape index (κ3) is 15.2. The minimum Gasteiger partial charge on any atom is -0.427 e. The Balaban J connectivity index is 1.56. The quantitative estimate of drug-likeness (QED) is 0.0827. The number of unbranched alkanes of at least 4 members (excludes halogenated alkanes) is 17. The average molecular weight is 523 g/mol. The number of benzene rings is 1. The zero-order valence-corrected chi connectivity index (χ0v) is 24.5. The van der Waals surface area contributed by atoms with E-state index in [1.807, 2.05) is 36.7 Å². The maximum absolute atomic E-state index is 12.2. The fourth-order valence-corrected chi connectivity index (χ4v) is 4.88. The molecule has 212 valence electrons. The van der Waals surface area contributed by atoms with Gasteiger partial charge in [0, 0.05) is 18.2 Å². The molecule has 38 heavy (non-hydrogen) atoms. The van der Waals surface area contributed by atoms with E-state index in [1.54, 1.807) is 0 Å². The summed E-state index contributed by atoms with van der Waals surface area (Å²) in [7, 11) is 0. The summed E-state index contributed by atoms with van der Waals surface area (Å²) in [5.41, 5.74) is 2.90. The molecule has 0 aliphatic carbocycles. The van der Waals surface area contributed by atoms with Crippen LogP contribution in [0.3, 0.4) is 0 Å². The highest BCUT2D eigenvalue weighted by atomic mass is 16.5. The van der Waals surface area contributed by atoms with E-state index >= 15 is 0 Å². The summed E-state index contributed by atoms with van der Waals surface area (Å²) in [6, 6.07) is 7.61. The summed E-state index contributed by atoms with van der Waals surface area (Å²) in [5.74, 6) is 0.458. The van der Waals surface area contributed by atoms with Crippen molar-refractivity contribution < 1.29 is 9.53 Å². The molecule has 0 saturated carbocycles. The van der Waals surface area contributed by atoms with E-state index in [-0.39, 0.29) is 5.97 Å². The second-order valence-electron chi connectivity index (χ2n) is 10.9. The van der Waals surface area contributed by atoms with Crippen molar-refractivity contribution in [2.24, 2.45) is 0 Å². The zero-order valence-electron chi connectivity index (χ0n) is 24.5. The Kier molecular flexibility index (Phi) is 18.2. The number of aromatic nitrogens is 2. The number of nitrogens with zero attached hydrogens (tertiary/aromatic N) is 2. The van der Waals surface area contributed by atoms with Gasteiger partial charge in [-0.2, -0.15) is 0 Å². The van der Waals surface area contributed by atoms with Crippen LogP contribution in [0.1, 0.15) is 148 Å². The monoisotopic (exact) mass is 522 g/mol. The molecule has 0 unspecified atom stereocenters. The van der Waals surface area contributed by atoms with Crippen LogP contribution >= 0.6 is 0 Å². The molecule has 2 aromatic rings. The van der Waals surface area contributed by atoms with Crippen LogP contribution in [0.4, 0.5) is 0 Å². The largest absolute Gasteiger partial charge is 0.427 e. The Hall–Kier alpha value is -2.23. The predicted octanol–water partition coefficient (Wildman–Crippen LogP) is 10.4. The summed E-state index contributed by atoms with van der Waals surface area (Å²) < 4.78 is 5.53. The van der Waals surface area contributed by atoms with E-state index in [0.29, 0.717) is 12.2 Å². The van der Waals surface area contributed by atoms with Gasteiger partial charge < -0.3 is 4.74 Å². The van der Waals surface area contributed by atoms with Gasteiger partial charge in [-0.05, 0) is 43.5 Å². The average Bonchev–Trinajstić information content (AvgIpc) is 2.94. The highest BCUT2D eigenvalue weighted by Gasteiger charge is 2.07. The van der Waals surface area contributed by atoms with Gasteiger partial charge in [-0.3, -0.25) is 14.8 Å². The highest BCUT2D eigenvalue weighted by Crippen LogP contribution is 2.21. The summed E-state index contributed by atoms with van der Waals surface area (Å²) in [5, 5.41) is 0. The normalized spacial score (nSPS) is 11.1. The second kappa shape index (κ2) is 21.7. The third-order valence-electron chi connectivity index (χ3n) is 7.36. The van der Waals surface area contributed by atoms with Gasteiger partial charge in [0.05, 0.1) is 17.6 Å². The van der Waals surface area contributed by atoms with E-state index in [9.17, 15) is 4.79 Å². The minimum atomic E-state index is -0.140. The summed E-state index contributed by atoms with van der Waals surface area (Å²) in [4.78, 5) is 21.4. The van der Waals surface area contributed by atoms with Crippen LogP contribution < -0.4 is 4.74 Å². The van der Waals surface area contributed by atoms with E-state index in [0.717, 1.165) is 36.2 Å². The summed E-state index contributed by atoms with van der Waals surface area (Å²) in [6.07, 6.45) is 29.9. The number of carbonyl (C=O) groups excluding carboxylic acids is 1. The zero-order chi connectivity index (χ0) is 27.1. The smallest absolute Gasteiger partial charge is 0.311 e. The molecule has 0 N–H and O–H groups in total. The molecule has 4 nitrogen and oxygen atoms in total. The van der Waals surface area contributed by atoms with Gasteiger partial charge in [0.25, 0.3) is 0 Å². The lowest BCUT2D eigenvalue weighted by molar-refractivity contribution is -0.134. The lowest BCUT2D eigenvalue weighted by atomic mass is 10.1. The molecule has 0 aliphatic rings. The van der Waals surface area contributed by atoms with Crippen molar-refractivity contribution >= 4 is 5.97 Å². The van der Waals surface area contributed by atoms with Crippen molar-refractivity contribution in [2.45, 2.75) is 149 Å². The first-order chi connectivity index (χ1) is 18.7. The van der Waals surface area contributed by atoms with Crippen molar-refractivity contribution in [1.29, 1.82) is 0 Å². The van der Waals surface area contributed by atoms with E-state index in [4.69, 9.17) is 4.74 Å². The van der Waals surface area contributed by atoms with Crippen LogP contribution in [0.2, 0.25) is 0 Å². The SMILES string of the molecule is CCCCCCCCCCCCCC(=O)Oc1ccc(-c2cnc(CCCCCCCCCC)cn2)cc1. The third-order valence-corrected chi connectivity index (χ3v) is 7.36. The van der Waals surface area contributed by atoms with Crippen LogP contribution in [-0.2, 0) is 11.2 Å². The number of aryl methyl sites for hydroxylation is 1. The number of hydrogen-bond acceptors (Lipinski definition) is 4. The molecular weight excluding hydrogens is 468 g/mol. The summed E-state index contributed by atoms with van der Waals surface area (Å²) in [6.45, 7) is 4.53. The van der Waals surface area contributed by atoms with Crippen LogP contribution in [0.25, 0.3) is 11.3 Å². The molecule has 1 aromatic heterocycles. The number of ether oxygens (including phenoxy) is 1. The molecule has 0 amide bonds. The topological polar surface area (TPSA) is 52.1 Å². The molecule has 0 spiro atoms. The van der Waals surface area contributed by atoms with Gasteiger partial charge in [-0.15, -0.1) is 0 Å². The number of carbonyl (C=O) groups is 1. The van der Waals surface area contributed by atoms with Crippen molar-refractivity contribution in [2.75, 3.05) is 0 Å². The summed E-state index contributed by atoms with van der Waals surface area (Å²) >= 11 is 0. The molecule has 1 heterocycles. The van der Waals surface area contributed by atoms with E-state index in [2.05, 4.69) is 23.8 Å². The predicted molar refractivity (Wildman–Crippen MR) is 160 cm³/mol. The Morgan fingerprint density at radius 3 is 1.61 bits per heavy atom. The molecule has 0 radical (unpaired) electrons. The highest BCUT2D eigenvalue weighted by molar-refractivity contribution is 5.72. The minimum absolute atomic E-state index is 0.140. The van der Waals surface area contributed by atoms with Gasteiger partial charge in [0.15, 0.2) is 0 Å². The molecule has 0 bridgehead atoms.